The molecule has 7 heteroatoms. The molecular formula is C19H18BrNO5. The maximum Gasteiger partial charge on any atom is 0.412 e. The van der Waals surface area contributed by atoms with Crippen molar-refractivity contribution in [2.45, 2.75) is 6.61 Å². The molecule has 0 fully saturated rings. The zero-order valence-electron chi connectivity index (χ0n) is 14.3. The minimum atomic E-state index is -0.764. The lowest BCUT2D eigenvalue weighted by Gasteiger charge is -2.11. The van der Waals surface area contributed by atoms with Crippen LogP contribution in [0.1, 0.15) is 11.1 Å². The summed E-state index contributed by atoms with van der Waals surface area (Å²) in [4.78, 5) is 24.0. The molecule has 0 aliphatic carbocycles. The minimum Gasteiger partial charge on any atom is -0.496 e. The van der Waals surface area contributed by atoms with Gasteiger partial charge >= 0.3 is 12.1 Å². The van der Waals surface area contributed by atoms with Crippen LogP contribution in [0.3, 0.4) is 0 Å². The van der Waals surface area contributed by atoms with Crippen LogP contribution in [0.4, 0.5) is 4.79 Å². The quantitative estimate of drug-likeness (QED) is 0.567. The number of nitrogens with one attached hydrogen (secondary N) is 1. The Labute approximate surface area is 159 Å². The normalized spacial score (nSPS) is 10.8. The van der Waals surface area contributed by atoms with E-state index in [9.17, 15) is 9.59 Å². The summed E-state index contributed by atoms with van der Waals surface area (Å²) in [6.45, 7) is 0.0847. The van der Waals surface area contributed by atoms with E-state index in [0.29, 0.717) is 11.3 Å². The maximum atomic E-state index is 12.0. The molecule has 2 aromatic carbocycles. The molecule has 0 aromatic heterocycles. The van der Waals surface area contributed by atoms with Crippen molar-refractivity contribution in [3.8, 4) is 5.75 Å². The average molecular weight is 420 g/mol. The van der Waals surface area contributed by atoms with E-state index in [-0.39, 0.29) is 12.3 Å². The number of alkyl carbamates (subject to hydrolysis) is 1. The van der Waals surface area contributed by atoms with Gasteiger partial charge in [0.15, 0.2) is 0 Å². The Hall–Kier alpha value is -2.80. The first-order valence-corrected chi connectivity index (χ1v) is 8.44. The number of halogens is 1. The van der Waals surface area contributed by atoms with Gasteiger partial charge in [-0.3, -0.25) is 5.32 Å². The predicted octanol–water partition coefficient (Wildman–Crippen LogP) is 3.90. The van der Waals surface area contributed by atoms with Crippen LogP contribution in [0.15, 0.2) is 58.7 Å². The van der Waals surface area contributed by atoms with Gasteiger partial charge in [0.25, 0.3) is 0 Å². The lowest BCUT2D eigenvalue weighted by atomic mass is 10.1. The Bertz CT molecular complexity index is 805. The highest BCUT2D eigenvalue weighted by Gasteiger charge is 2.16. The number of ether oxygens (including phenoxy) is 3. The van der Waals surface area contributed by atoms with Crippen molar-refractivity contribution in [3.05, 3.63) is 69.8 Å². The molecule has 0 atom stereocenters. The molecule has 0 bridgehead atoms. The molecular weight excluding hydrogens is 402 g/mol. The number of amides is 1. The molecule has 0 saturated carbocycles. The van der Waals surface area contributed by atoms with Gasteiger partial charge in [-0.1, -0.05) is 46.3 Å². The van der Waals surface area contributed by atoms with Crippen molar-refractivity contribution in [3.63, 3.8) is 0 Å². The van der Waals surface area contributed by atoms with Gasteiger partial charge in [-0.05, 0) is 29.8 Å². The molecule has 0 unspecified atom stereocenters. The first-order valence-electron chi connectivity index (χ1n) is 7.64. The summed E-state index contributed by atoms with van der Waals surface area (Å²) in [7, 11) is 2.74. The summed E-state index contributed by atoms with van der Waals surface area (Å²) >= 11 is 3.36. The van der Waals surface area contributed by atoms with Crippen LogP contribution in [0.5, 0.6) is 5.75 Å². The van der Waals surface area contributed by atoms with Gasteiger partial charge < -0.3 is 14.2 Å². The molecule has 0 aliphatic rings. The van der Waals surface area contributed by atoms with Gasteiger partial charge in [0.1, 0.15) is 18.1 Å². The molecule has 0 heterocycles. The summed E-state index contributed by atoms with van der Waals surface area (Å²) in [6.07, 6.45) is 0.693. The van der Waals surface area contributed by atoms with E-state index < -0.39 is 12.1 Å². The van der Waals surface area contributed by atoms with Crippen molar-refractivity contribution in [2.24, 2.45) is 0 Å². The van der Waals surface area contributed by atoms with Crippen molar-refractivity contribution >= 4 is 34.1 Å². The summed E-state index contributed by atoms with van der Waals surface area (Å²) in [5.74, 6) is -0.169. The highest BCUT2D eigenvalue weighted by Crippen LogP contribution is 2.25. The van der Waals surface area contributed by atoms with Crippen LogP contribution < -0.4 is 10.1 Å². The van der Waals surface area contributed by atoms with Gasteiger partial charge in [0.05, 0.1) is 14.2 Å². The van der Waals surface area contributed by atoms with Crippen molar-refractivity contribution in [1.82, 2.24) is 5.32 Å². The van der Waals surface area contributed by atoms with E-state index in [4.69, 9.17) is 14.2 Å². The van der Waals surface area contributed by atoms with E-state index in [1.54, 1.807) is 18.2 Å². The van der Waals surface area contributed by atoms with E-state index in [0.717, 1.165) is 10.0 Å². The first kappa shape index (κ1) is 19.5. The zero-order valence-corrected chi connectivity index (χ0v) is 15.9. The third-order valence-corrected chi connectivity index (χ3v) is 3.84. The number of carbonyl (C=O) groups excluding carboxylic acids is 2. The van der Waals surface area contributed by atoms with E-state index >= 15 is 0 Å². The molecule has 0 spiro atoms. The lowest BCUT2D eigenvalue weighted by Crippen LogP contribution is -2.28. The number of methoxy groups -OCH3 is 2. The summed E-state index contributed by atoms with van der Waals surface area (Å²) in [5.41, 5.74) is 1.35. The van der Waals surface area contributed by atoms with E-state index in [1.165, 1.54) is 20.3 Å². The monoisotopic (exact) mass is 419 g/mol. The zero-order chi connectivity index (χ0) is 18.9. The van der Waals surface area contributed by atoms with Crippen LogP contribution in [0.2, 0.25) is 0 Å². The molecule has 6 nitrogen and oxygen atoms in total. The van der Waals surface area contributed by atoms with Crippen LogP contribution in [-0.4, -0.2) is 26.3 Å². The van der Waals surface area contributed by atoms with Gasteiger partial charge in [0.2, 0.25) is 0 Å². The minimum absolute atomic E-state index is 0.0676. The molecule has 136 valence electrons. The number of benzene rings is 2. The number of hydrogen-bond acceptors (Lipinski definition) is 5. The van der Waals surface area contributed by atoms with E-state index in [2.05, 4.69) is 21.2 Å². The van der Waals surface area contributed by atoms with E-state index in [1.807, 2.05) is 30.3 Å². The Balaban J connectivity index is 2.16. The molecule has 26 heavy (non-hydrogen) atoms. The summed E-state index contributed by atoms with van der Waals surface area (Å²) in [5, 5.41) is 2.41. The highest BCUT2D eigenvalue weighted by molar-refractivity contribution is 9.10. The fourth-order valence-corrected chi connectivity index (χ4v) is 2.48. The molecule has 0 saturated heterocycles. The fraction of sp³-hybridized carbons (Fsp3) is 0.158. The highest BCUT2D eigenvalue weighted by atomic mass is 79.9. The number of hydrogen-bond donors (Lipinski definition) is 1. The first-order chi connectivity index (χ1) is 12.5. The molecule has 1 amide bonds. The SMILES string of the molecule is COC(=O)/C(=C/c1cc(Br)ccc1OC)NC(=O)OCc1ccccc1. The molecule has 2 aromatic rings. The van der Waals surface area contributed by atoms with Crippen molar-refractivity contribution in [2.75, 3.05) is 14.2 Å². The fourth-order valence-electron chi connectivity index (χ4n) is 2.10. The largest absolute Gasteiger partial charge is 0.496 e. The number of rotatable bonds is 6. The number of esters is 1. The third-order valence-electron chi connectivity index (χ3n) is 3.35. The Morgan fingerprint density at radius 2 is 1.85 bits per heavy atom. The van der Waals surface area contributed by atoms with Crippen LogP contribution in [0, 0.1) is 0 Å². The molecule has 0 radical (unpaired) electrons. The van der Waals surface area contributed by atoms with Gasteiger partial charge in [-0.15, -0.1) is 0 Å². The third kappa shape index (κ3) is 5.63. The molecule has 0 aliphatic heterocycles. The van der Waals surface area contributed by atoms with Gasteiger partial charge in [-0.25, -0.2) is 9.59 Å². The Kier molecular flexibility index (Phi) is 7.23. The topological polar surface area (TPSA) is 73.9 Å². The summed E-state index contributed by atoms with van der Waals surface area (Å²) < 4.78 is 15.9. The predicted molar refractivity (Wildman–Crippen MR) is 100 cm³/mol. The average Bonchev–Trinajstić information content (AvgIpc) is 2.66. The standard InChI is InChI=1S/C19H18BrNO5/c1-24-17-9-8-15(20)10-14(17)11-16(18(22)25-2)21-19(23)26-12-13-6-4-3-5-7-13/h3-11H,12H2,1-2H3,(H,21,23)/b16-11-. The van der Waals surface area contributed by atoms with Gasteiger partial charge in [-0.2, -0.15) is 0 Å². The second kappa shape index (κ2) is 9.62. The van der Waals surface area contributed by atoms with Crippen molar-refractivity contribution < 1.29 is 23.8 Å². The second-order valence-corrected chi connectivity index (χ2v) is 6.04. The summed E-state index contributed by atoms with van der Waals surface area (Å²) in [6, 6.07) is 14.5. The lowest BCUT2D eigenvalue weighted by molar-refractivity contribution is -0.136. The van der Waals surface area contributed by atoms with Crippen LogP contribution >= 0.6 is 15.9 Å². The number of carbonyl (C=O) groups is 2. The van der Waals surface area contributed by atoms with Gasteiger partial charge in [0, 0.05) is 10.0 Å². The Morgan fingerprint density at radius 1 is 1.12 bits per heavy atom. The smallest absolute Gasteiger partial charge is 0.412 e. The molecule has 2 rings (SSSR count). The maximum absolute atomic E-state index is 12.0. The second-order valence-electron chi connectivity index (χ2n) is 5.12. The van der Waals surface area contributed by atoms with Crippen LogP contribution in [0.25, 0.3) is 6.08 Å². The van der Waals surface area contributed by atoms with Crippen LogP contribution in [-0.2, 0) is 20.9 Å². The Morgan fingerprint density at radius 3 is 2.50 bits per heavy atom. The van der Waals surface area contributed by atoms with Crippen molar-refractivity contribution in [1.29, 1.82) is 0 Å². The molecule has 1 N–H and O–H groups in total.